The SMILES string of the molecule is C#CC.CC(CCC1(C)C(C)CCC2(C)C1CCC1C3CCCC3(CO)CCC12C)N=O. The summed E-state index contributed by atoms with van der Waals surface area (Å²) >= 11 is 0. The predicted octanol–water partition coefficient (Wildman–Crippen LogP) is 7.61. The molecule has 0 aromatic heterocycles. The largest absolute Gasteiger partial charge is 0.396 e. The number of aliphatic hydroxyl groups is 1. The van der Waals surface area contributed by atoms with Gasteiger partial charge in [0.1, 0.15) is 0 Å². The summed E-state index contributed by atoms with van der Waals surface area (Å²) in [5.74, 6) is 5.27. The summed E-state index contributed by atoms with van der Waals surface area (Å²) in [6.07, 6.45) is 18.5. The van der Waals surface area contributed by atoms with Crippen LogP contribution in [-0.2, 0) is 0 Å². The second-order valence-electron chi connectivity index (χ2n) is 12.8. The first-order valence-corrected chi connectivity index (χ1v) is 13.4. The van der Waals surface area contributed by atoms with E-state index < -0.39 is 0 Å². The normalized spacial score (nSPS) is 48.2. The molecule has 0 aliphatic heterocycles. The van der Waals surface area contributed by atoms with Gasteiger partial charge in [0.25, 0.3) is 0 Å². The van der Waals surface area contributed by atoms with Gasteiger partial charge >= 0.3 is 0 Å². The van der Waals surface area contributed by atoms with E-state index in [0.717, 1.165) is 36.5 Å². The van der Waals surface area contributed by atoms with E-state index in [9.17, 15) is 10.0 Å². The number of nitrogens with zero attached hydrogens (tertiary/aromatic N) is 1. The maximum Gasteiger partial charge on any atom is 0.0891 e. The molecule has 0 bridgehead atoms. The summed E-state index contributed by atoms with van der Waals surface area (Å²) in [6.45, 7) is 14.4. The number of hydrogen-bond donors (Lipinski definition) is 1. The lowest BCUT2D eigenvalue weighted by molar-refractivity contribution is -0.217. The van der Waals surface area contributed by atoms with Crippen molar-refractivity contribution in [1.29, 1.82) is 0 Å². The van der Waals surface area contributed by atoms with Crippen molar-refractivity contribution in [3.05, 3.63) is 4.91 Å². The molecular formula is C29H49NO2. The Balaban J connectivity index is 0.000000913. The number of nitroso groups, excluding NO2 is 1. The molecule has 0 amide bonds. The fraction of sp³-hybridized carbons (Fsp3) is 0.931. The Kier molecular flexibility index (Phi) is 7.56. The Morgan fingerprint density at radius 3 is 2.34 bits per heavy atom. The fourth-order valence-corrected chi connectivity index (χ4v) is 9.51. The van der Waals surface area contributed by atoms with Crippen LogP contribution in [0.4, 0.5) is 0 Å². The van der Waals surface area contributed by atoms with Gasteiger partial charge in [-0.3, -0.25) is 0 Å². The first-order chi connectivity index (χ1) is 15.1. The zero-order chi connectivity index (χ0) is 23.8. The zero-order valence-corrected chi connectivity index (χ0v) is 21.8. The molecule has 4 aliphatic carbocycles. The van der Waals surface area contributed by atoms with Crippen LogP contribution in [0.25, 0.3) is 0 Å². The highest BCUT2D eigenvalue weighted by molar-refractivity contribution is 5.16. The highest BCUT2D eigenvalue weighted by Crippen LogP contribution is 2.74. The van der Waals surface area contributed by atoms with E-state index in [4.69, 9.17) is 0 Å². The quantitative estimate of drug-likeness (QED) is 0.351. The minimum Gasteiger partial charge on any atom is -0.396 e. The van der Waals surface area contributed by atoms with Crippen molar-refractivity contribution in [3.8, 4) is 12.3 Å². The molecule has 3 nitrogen and oxygen atoms in total. The van der Waals surface area contributed by atoms with E-state index in [-0.39, 0.29) is 11.5 Å². The molecule has 4 fully saturated rings. The maximum atomic E-state index is 11.0. The first-order valence-electron chi connectivity index (χ1n) is 13.4. The van der Waals surface area contributed by atoms with Crippen molar-refractivity contribution in [2.45, 2.75) is 118 Å². The van der Waals surface area contributed by atoms with Crippen molar-refractivity contribution in [1.82, 2.24) is 0 Å². The Labute approximate surface area is 197 Å². The Morgan fingerprint density at radius 1 is 1.03 bits per heavy atom. The van der Waals surface area contributed by atoms with Crippen LogP contribution in [0.5, 0.6) is 0 Å². The van der Waals surface area contributed by atoms with Gasteiger partial charge in [-0.2, -0.15) is 4.91 Å². The molecule has 4 aliphatic rings. The van der Waals surface area contributed by atoms with Crippen LogP contribution < -0.4 is 0 Å². The van der Waals surface area contributed by atoms with Crippen molar-refractivity contribution >= 4 is 0 Å². The molecule has 32 heavy (non-hydrogen) atoms. The van der Waals surface area contributed by atoms with E-state index >= 15 is 0 Å². The van der Waals surface area contributed by atoms with Gasteiger partial charge in [-0.1, -0.05) is 39.3 Å². The standard InChI is InChI=1S/C26H45NO2.C3H4/c1-18-10-14-25(5)22(23(18,3)13-11-19(2)27-29)9-8-20-21-7-6-12-26(21,17-28)16-15-24(20,25)4;1-3-2/h18-22,28H,6-17H2,1-5H3;1H,2H3. The van der Waals surface area contributed by atoms with Crippen molar-refractivity contribution in [2.75, 3.05) is 6.61 Å². The lowest BCUT2D eigenvalue weighted by Gasteiger charge is -2.70. The molecule has 0 saturated heterocycles. The minimum absolute atomic E-state index is 0.0579. The molecule has 0 aromatic rings. The second-order valence-corrected chi connectivity index (χ2v) is 12.8. The van der Waals surface area contributed by atoms with Gasteiger partial charge in [0.05, 0.1) is 6.04 Å². The molecule has 9 unspecified atom stereocenters. The molecule has 0 aromatic carbocycles. The van der Waals surface area contributed by atoms with Crippen LogP contribution in [-0.4, -0.2) is 17.8 Å². The third kappa shape index (κ3) is 3.77. The summed E-state index contributed by atoms with van der Waals surface area (Å²) in [6, 6.07) is -0.0579. The Bertz CT molecular complexity index is 714. The lowest BCUT2D eigenvalue weighted by Crippen LogP contribution is -2.63. The highest BCUT2D eigenvalue weighted by Gasteiger charge is 2.67. The van der Waals surface area contributed by atoms with Crippen LogP contribution in [0.3, 0.4) is 0 Å². The molecular weight excluding hydrogens is 394 g/mol. The molecule has 1 N–H and O–H groups in total. The second kappa shape index (κ2) is 9.40. The fourth-order valence-electron chi connectivity index (χ4n) is 9.51. The van der Waals surface area contributed by atoms with Gasteiger partial charge in [0.2, 0.25) is 0 Å². The Hall–Kier alpha value is -0.880. The lowest BCUT2D eigenvalue weighted by atomic mass is 9.34. The van der Waals surface area contributed by atoms with Gasteiger partial charge in [-0.15, -0.1) is 12.3 Å². The number of rotatable bonds is 5. The summed E-state index contributed by atoms with van der Waals surface area (Å²) in [7, 11) is 0. The van der Waals surface area contributed by atoms with Gasteiger partial charge in [0, 0.05) is 6.61 Å². The van der Waals surface area contributed by atoms with Gasteiger partial charge in [-0.05, 0) is 123 Å². The first kappa shape index (κ1) is 25.7. The average molecular weight is 444 g/mol. The Morgan fingerprint density at radius 2 is 1.72 bits per heavy atom. The maximum absolute atomic E-state index is 11.0. The number of terminal acetylenes is 1. The van der Waals surface area contributed by atoms with E-state index in [1.54, 1.807) is 6.92 Å². The van der Waals surface area contributed by atoms with Gasteiger partial charge in [0.15, 0.2) is 0 Å². The van der Waals surface area contributed by atoms with Gasteiger partial charge < -0.3 is 5.11 Å². The summed E-state index contributed by atoms with van der Waals surface area (Å²) in [4.78, 5) is 11.0. The minimum atomic E-state index is -0.0579. The molecule has 3 heteroatoms. The number of hydrogen-bond acceptors (Lipinski definition) is 3. The molecule has 0 radical (unpaired) electrons. The van der Waals surface area contributed by atoms with E-state index in [1.165, 1.54) is 57.8 Å². The van der Waals surface area contributed by atoms with Crippen LogP contribution in [0.1, 0.15) is 112 Å². The number of aliphatic hydroxyl groups excluding tert-OH is 1. The van der Waals surface area contributed by atoms with E-state index in [1.807, 2.05) is 6.92 Å². The molecule has 9 atom stereocenters. The summed E-state index contributed by atoms with van der Waals surface area (Å²) < 4.78 is 0. The average Bonchev–Trinajstić information content (AvgIpc) is 3.21. The van der Waals surface area contributed by atoms with Crippen LogP contribution in [0.2, 0.25) is 0 Å². The number of fused-ring (bicyclic) bond motifs is 5. The van der Waals surface area contributed by atoms with Crippen LogP contribution in [0, 0.1) is 62.6 Å². The van der Waals surface area contributed by atoms with Crippen LogP contribution >= 0.6 is 0 Å². The van der Waals surface area contributed by atoms with Crippen molar-refractivity contribution in [3.63, 3.8) is 0 Å². The zero-order valence-electron chi connectivity index (χ0n) is 21.8. The van der Waals surface area contributed by atoms with E-state index in [2.05, 4.69) is 45.2 Å². The monoisotopic (exact) mass is 443 g/mol. The van der Waals surface area contributed by atoms with Crippen LogP contribution in [0.15, 0.2) is 5.18 Å². The smallest absolute Gasteiger partial charge is 0.0891 e. The van der Waals surface area contributed by atoms with Crippen molar-refractivity contribution in [2.24, 2.45) is 50.5 Å². The summed E-state index contributed by atoms with van der Waals surface area (Å²) in [5.41, 5.74) is 1.35. The highest BCUT2D eigenvalue weighted by atomic mass is 16.3. The molecule has 0 spiro atoms. The summed E-state index contributed by atoms with van der Waals surface area (Å²) in [5, 5.41) is 13.7. The predicted molar refractivity (Wildman–Crippen MR) is 134 cm³/mol. The third-order valence-corrected chi connectivity index (χ3v) is 11.9. The van der Waals surface area contributed by atoms with Gasteiger partial charge in [-0.25, -0.2) is 0 Å². The molecule has 0 heterocycles. The molecule has 182 valence electrons. The molecule has 4 saturated carbocycles. The van der Waals surface area contributed by atoms with Crippen molar-refractivity contribution < 1.29 is 5.11 Å². The topological polar surface area (TPSA) is 49.7 Å². The van der Waals surface area contributed by atoms with E-state index in [0.29, 0.717) is 22.9 Å². The molecule has 4 rings (SSSR count). The third-order valence-electron chi connectivity index (χ3n) is 11.9.